The molecule has 0 N–H and O–H groups in total. The summed E-state index contributed by atoms with van der Waals surface area (Å²) >= 11 is 0. The van der Waals surface area contributed by atoms with Gasteiger partial charge in [0.1, 0.15) is 11.4 Å². The lowest BCUT2D eigenvalue weighted by Gasteiger charge is -2.35. The average molecular weight is 567 g/mol. The molecule has 7 rings (SSSR count). The maximum atomic E-state index is 9.32. The van der Waals surface area contributed by atoms with Gasteiger partial charge in [-0.2, -0.15) is 10.5 Å². The van der Waals surface area contributed by atoms with E-state index in [1.165, 1.54) is 11.1 Å². The fourth-order valence-corrected chi connectivity index (χ4v) is 5.80. The predicted octanol–water partition coefficient (Wildman–Crippen LogP) is 9.18. The minimum absolute atomic E-state index is 0.434. The highest BCUT2D eigenvalue weighted by atomic mass is 16.5. The van der Waals surface area contributed by atoms with Crippen LogP contribution in [0.4, 0.5) is 0 Å². The maximum absolute atomic E-state index is 9.32. The summed E-state index contributed by atoms with van der Waals surface area (Å²) in [6.45, 7) is 4.21. The number of hydrogen-bond donors (Lipinski definition) is 0. The molecule has 0 saturated carbocycles. The number of benzene rings is 5. The summed E-state index contributed by atoms with van der Waals surface area (Å²) in [5, 5.41) is 18.6. The van der Waals surface area contributed by atoms with Gasteiger partial charge in [-0.15, -0.1) is 0 Å². The van der Waals surface area contributed by atoms with Gasteiger partial charge in [-0.25, -0.2) is 9.97 Å². The molecule has 0 aliphatic carbocycles. The minimum Gasteiger partial charge on any atom is -0.482 e. The van der Waals surface area contributed by atoms with E-state index in [1.54, 1.807) is 24.3 Å². The van der Waals surface area contributed by atoms with Crippen molar-refractivity contribution in [1.29, 1.82) is 10.5 Å². The Hall–Kier alpha value is -6.04. The molecule has 208 valence electrons. The average Bonchev–Trinajstić information content (AvgIpc) is 3.08. The van der Waals surface area contributed by atoms with Crippen molar-refractivity contribution in [3.8, 4) is 73.9 Å². The van der Waals surface area contributed by atoms with Crippen molar-refractivity contribution in [2.24, 2.45) is 0 Å². The molecule has 0 spiro atoms. The van der Waals surface area contributed by atoms with Crippen LogP contribution in [-0.2, 0) is 5.60 Å². The van der Waals surface area contributed by atoms with Gasteiger partial charge in [0.05, 0.1) is 29.0 Å². The third-order valence-electron chi connectivity index (χ3n) is 8.07. The molecule has 1 aliphatic heterocycles. The Kier molecular flexibility index (Phi) is 6.50. The Balaban J connectivity index is 1.30. The molecule has 44 heavy (non-hydrogen) atoms. The Morgan fingerprint density at radius 1 is 0.591 bits per heavy atom. The van der Waals surface area contributed by atoms with E-state index >= 15 is 0 Å². The van der Waals surface area contributed by atoms with Crippen LogP contribution in [0, 0.1) is 22.7 Å². The van der Waals surface area contributed by atoms with Crippen molar-refractivity contribution in [2.75, 3.05) is 0 Å². The Labute approximate surface area is 256 Å². The summed E-state index contributed by atoms with van der Waals surface area (Å²) in [5.74, 6) is 1.45. The SMILES string of the molecule is CC1(C)Oc2cc(-c3cccc(-c4ncc(-c5ccc(C#N)cc5)c(-c5ccc(C#N)cc5)n4)c3)ccc2-c2ccccc21. The zero-order valence-electron chi connectivity index (χ0n) is 24.2. The lowest BCUT2D eigenvalue weighted by Crippen LogP contribution is -2.29. The molecular weight excluding hydrogens is 540 g/mol. The topological polar surface area (TPSA) is 82.6 Å². The molecule has 0 atom stereocenters. The molecule has 2 heterocycles. The number of nitriles is 2. The van der Waals surface area contributed by atoms with Crippen molar-refractivity contribution in [2.45, 2.75) is 19.4 Å². The molecule has 5 aromatic carbocycles. The van der Waals surface area contributed by atoms with E-state index in [-0.39, 0.29) is 0 Å². The van der Waals surface area contributed by atoms with Crippen LogP contribution in [0.1, 0.15) is 30.5 Å². The maximum Gasteiger partial charge on any atom is 0.159 e. The van der Waals surface area contributed by atoms with Crippen LogP contribution in [0.3, 0.4) is 0 Å². The normalized spacial score (nSPS) is 12.6. The molecular formula is C39H26N4O. The number of ether oxygens (including phenoxy) is 1. The first kappa shape index (κ1) is 26.8. The smallest absolute Gasteiger partial charge is 0.159 e. The van der Waals surface area contributed by atoms with E-state index < -0.39 is 5.60 Å². The molecule has 0 saturated heterocycles. The number of nitrogens with zero attached hydrogens (tertiary/aromatic N) is 4. The van der Waals surface area contributed by atoms with Crippen LogP contribution in [0.2, 0.25) is 0 Å². The van der Waals surface area contributed by atoms with Gasteiger partial charge in [0.15, 0.2) is 5.82 Å². The van der Waals surface area contributed by atoms with Gasteiger partial charge in [0, 0.05) is 34.0 Å². The monoisotopic (exact) mass is 566 g/mol. The second-order valence-corrected chi connectivity index (χ2v) is 11.3. The highest BCUT2D eigenvalue weighted by molar-refractivity contribution is 5.83. The molecule has 0 fully saturated rings. The third kappa shape index (κ3) is 4.77. The van der Waals surface area contributed by atoms with Crippen LogP contribution in [0.5, 0.6) is 5.75 Å². The summed E-state index contributed by atoms with van der Waals surface area (Å²) < 4.78 is 6.51. The summed E-state index contributed by atoms with van der Waals surface area (Å²) in [6.07, 6.45) is 1.83. The first-order chi connectivity index (χ1) is 21.4. The van der Waals surface area contributed by atoms with Crippen LogP contribution < -0.4 is 4.74 Å². The van der Waals surface area contributed by atoms with E-state index in [2.05, 4.69) is 80.6 Å². The summed E-state index contributed by atoms with van der Waals surface area (Å²) in [6, 6.07) is 42.1. The molecule has 0 bridgehead atoms. The lowest BCUT2D eigenvalue weighted by molar-refractivity contribution is 0.106. The quantitative estimate of drug-likeness (QED) is 0.212. The lowest BCUT2D eigenvalue weighted by atomic mass is 9.85. The van der Waals surface area contributed by atoms with Gasteiger partial charge in [0.25, 0.3) is 0 Å². The third-order valence-corrected chi connectivity index (χ3v) is 8.07. The van der Waals surface area contributed by atoms with Gasteiger partial charge in [-0.05, 0) is 72.5 Å². The molecule has 1 aliphatic rings. The summed E-state index contributed by atoms with van der Waals surface area (Å²) in [7, 11) is 0. The number of fused-ring (bicyclic) bond motifs is 3. The number of aromatic nitrogens is 2. The van der Waals surface area contributed by atoms with Crippen LogP contribution in [0.15, 0.2) is 121 Å². The molecule has 5 heteroatoms. The fourth-order valence-electron chi connectivity index (χ4n) is 5.80. The molecule has 5 nitrogen and oxygen atoms in total. The van der Waals surface area contributed by atoms with E-state index in [9.17, 15) is 10.5 Å². The van der Waals surface area contributed by atoms with E-state index in [0.29, 0.717) is 17.0 Å². The molecule has 6 aromatic rings. The van der Waals surface area contributed by atoms with Gasteiger partial charge in [0.2, 0.25) is 0 Å². The summed E-state index contributed by atoms with van der Waals surface area (Å²) in [5.41, 5.74) is 10.5. The van der Waals surface area contributed by atoms with Crippen molar-refractivity contribution in [3.63, 3.8) is 0 Å². The number of hydrogen-bond acceptors (Lipinski definition) is 5. The Morgan fingerprint density at radius 3 is 1.95 bits per heavy atom. The molecule has 0 radical (unpaired) electrons. The second kappa shape index (κ2) is 10.7. The zero-order chi connectivity index (χ0) is 30.3. The van der Waals surface area contributed by atoms with Gasteiger partial charge in [-0.3, -0.25) is 0 Å². The molecule has 0 unspecified atom stereocenters. The van der Waals surface area contributed by atoms with E-state index in [1.807, 2.05) is 42.6 Å². The zero-order valence-corrected chi connectivity index (χ0v) is 24.2. The first-order valence-corrected chi connectivity index (χ1v) is 14.4. The number of rotatable bonds is 4. The van der Waals surface area contributed by atoms with Crippen LogP contribution >= 0.6 is 0 Å². The van der Waals surface area contributed by atoms with Crippen LogP contribution in [-0.4, -0.2) is 9.97 Å². The van der Waals surface area contributed by atoms with Crippen LogP contribution in [0.25, 0.3) is 56.0 Å². The highest BCUT2D eigenvalue weighted by Crippen LogP contribution is 2.46. The predicted molar refractivity (Wildman–Crippen MR) is 172 cm³/mol. The van der Waals surface area contributed by atoms with Gasteiger partial charge in [-0.1, -0.05) is 78.9 Å². The van der Waals surface area contributed by atoms with Crippen molar-refractivity contribution < 1.29 is 4.74 Å². The highest BCUT2D eigenvalue weighted by Gasteiger charge is 2.32. The van der Waals surface area contributed by atoms with Gasteiger partial charge < -0.3 is 4.74 Å². The first-order valence-electron chi connectivity index (χ1n) is 14.4. The standard InChI is InChI=1S/C39H26N4O/c1-39(2)35-9-4-3-8-32(35)33-19-18-30(21-36(33)44-39)29-6-5-7-31(20-29)38-42-24-34(27-14-10-25(22-40)11-15-27)37(43-38)28-16-12-26(23-41)13-17-28/h3-21,24H,1-2H3. The Morgan fingerprint density at radius 2 is 1.23 bits per heavy atom. The minimum atomic E-state index is -0.434. The Bertz CT molecular complexity index is 2130. The molecule has 0 amide bonds. The van der Waals surface area contributed by atoms with Crippen molar-refractivity contribution in [3.05, 3.63) is 138 Å². The van der Waals surface area contributed by atoms with Crippen molar-refractivity contribution >= 4 is 0 Å². The van der Waals surface area contributed by atoms with E-state index in [4.69, 9.17) is 14.7 Å². The van der Waals surface area contributed by atoms with Gasteiger partial charge >= 0.3 is 0 Å². The van der Waals surface area contributed by atoms with Crippen molar-refractivity contribution in [1.82, 2.24) is 9.97 Å². The molecule has 1 aromatic heterocycles. The second-order valence-electron chi connectivity index (χ2n) is 11.3. The fraction of sp³-hybridized carbons (Fsp3) is 0.0769. The summed E-state index contributed by atoms with van der Waals surface area (Å²) in [4.78, 5) is 9.84. The van der Waals surface area contributed by atoms with E-state index in [0.717, 1.165) is 50.4 Å². The largest absolute Gasteiger partial charge is 0.482 e.